The lowest BCUT2D eigenvalue weighted by Gasteiger charge is -2.25. The van der Waals surface area contributed by atoms with Crippen molar-refractivity contribution in [3.05, 3.63) is 0 Å². The van der Waals surface area contributed by atoms with Crippen LogP contribution in [0.5, 0.6) is 0 Å². The number of aliphatic hydroxyl groups is 1. The molecule has 0 fully saturated rings. The van der Waals surface area contributed by atoms with Crippen LogP contribution in [0.3, 0.4) is 0 Å². The molecule has 6 heteroatoms. The van der Waals surface area contributed by atoms with Gasteiger partial charge in [0.15, 0.2) is 0 Å². The van der Waals surface area contributed by atoms with Gasteiger partial charge in [-0.1, -0.05) is 6.92 Å². The highest BCUT2D eigenvalue weighted by atomic mass is 16.6. The van der Waals surface area contributed by atoms with Gasteiger partial charge in [-0.25, -0.2) is 0 Å². The molecule has 0 aromatic rings. The third kappa shape index (κ3) is 10.3. The second-order valence-corrected chi connectivity index (χ2v) is 7.11. The van der Waals surface area contributed by atoms with Gasteiger partial charge in [0.2, 0.25) is 0 Å². The average molecular weight is 303 g/mol. The number of hydrogen-bond donors (Lipinski definition) is 3. The molecule has 6 nitrogen and oxygen atoms in total. The Morgan fingerprint density at radius 2 is 1.71 bits per heavy atom. The Morgan fingerprint density at radius 3 is 2.10 bits per heavy atom. The fourth-order valence-electron chi connectivity index (χ4n) is 1.85. The fourth-order valence-corrected chi connectivity index (χ4v) is 1.85. The maximum absolute atomic E-state index is 11.6. The van der Waals surface area contributed by atoms with Gasteiger partial charge in [0.1, 0.15) is 11.6 Å². The Balaban J connectivity index is 4.43. The lowest BCUT2D eigenvalue weighted by Crippen LogP contribution is -2.45. The van der Waals surface area contributed by atoms with Crippen molar-refractivity contribution >= 4 is 11.9 Å². The number of nitrogens with one attached hydrogen (secondary N) is 1. The van der Waals surface area contributed by atoms with Crippen molar-refractivity contribution in [3.63, 3.8) is 0 Å². The zero-order chi connectivity index (χ0) is 16.8. The molecule has 0 bridgehead atoms. The number of carbonyl (C=O) groups excluding carboxylic acids is 1. The summed E-state index contributed by atoms with van der Waals surface area (Å²) in [6, 6.07) is -0.847. The summed E-state index contributed by atoms with van der Waals surface area (Å²) < 4.78 is 5.13. The van der Waals surface area contributed by atoms with Crippen LogP contribution in [0.25, 0.3) is 0 Å². The maximum Gasteiger partial charge on any atom is 0.320 e. The molecular formula is C15H29NO5. The molecule has 0 aromatic heterocycles. The summed E-state index contributed by atoms with van der Waals surface area (Å²) in [5.41, 5.74) is -1.42. The lowest BCUT2D eigenvalue weighted by atomic mass is 9.91. The minimum absolute atomic E-state index is 0.152. The first kappa shape index (κ1) is 19.9. The Bertz CT molecular complexity index is 354. The standard InChI is InChI=1S/C15H29NO5/c1-10(7-8-15(5,6)20)12(13(18)19)16-9-11(17)21-14(2,3)4/h10,12,16,20H,7-9H2,1-6H3,(H,18,19)/t10-,12+/m1/s1. The van der Waals surface area contributed by atoms with Crippen LogP contribution in [0.15, 0.2) is 0 Å². The number of esters is 1. The summed E-state index contributed by atoms with van der Waals surface area (Å²) >= 11 is 0. The van der Waals surface area contributed by atoms with E-state index in [4.69, 9.17) is 4.74 Å². The monoisotopic (exact) mass is 303 g/mol. The third-order valence-electron chi connectivity index (χ3n) is 2.93. The largest absolute Gasteiger partial charge is 0.480 e. The topological polar surface area (TPSA) is 95.9 Å². The molecule has 0 saturated heterocycles. The number of carboxylic acids is 1. The van der Waals surface area contributed by atoms with E-state index in [-0.39, 0.29) is 12.5 Å². The van der Waals surface area contributed by atoms with E-state index in [1.807, 2.05) is 0 Å². The molecule has 0 amide bonds. The van der Waals surface area contributed by atoms with Gasteiger partial charge in [0.05, 0.1) is 12.1 Å². The van der Waals surface area contributed by atoms with Gasteiger partial charge in [-0.15, -0.1) is 0 Å². The predicted molar refractivity (Wildman–Crippen MR) is 80.0 cm³/mol. The van der Waals surface area contributed by atoms with Crippen molar-refractivity contribution in [2.75, 3.05) is 6.54 Å². The zero-order valence-electron chi connectivity index (χ0n) is 13.9. The van der Waals surface area contributed by atoms with Crippen LogP contribution in [-0.2, 0) is 14.3 Å². The van der Waals surface area contributed by atoms with Crippen molar-refractivity contribution in [2.45, 2.75) is 71.6 Å². The average Bonchev–Trinajstić information content (AvgIpc) is 2.22. The van der Waals surface area contributed by atoms with Crippen LogP contribution < -0.4 is 5.32 Å². The fraction of sp³-hybridized carbons (Fsp3) is 0.867. The Morgan fingerprint density at radius 1 is 1.19 bits per heavy atom. The van der Waals surface area contributed by atoms with Crippen molar-refractivity contribution in [1.29, 1.82) is 0 Å². The summed E-state index contributed by atoms with van der Waals surface area (Å²) in [6.45, 7) is 10.3. The highest BCUT2D eigenvalue weighted by Gasteiger charge is 2.27. The summed E-state index contributed by atoms with van der Waals surface area (Å²) in [6.07, 6.45) is 1.04. The molecule has 0 aliphatic heterocycles. The molecule has 0 aliphatic rings. The Kier molecular flexibility index (Phi) is 7.33. The van der Waals surface area contributed by atoms with Crippen molar-refractivity contribution in [3.8, 4) is 0 Å². The molecule has 21 heavy (non-hydrogen) atoms. The Hall–Kier alpha value is -1.14. The second-order valence-electron chi connectivity index (χ2n) is 7.11. The van der Waals surface area contributed by atoms with Gasteiger partial charge >= 0.3 is 11.9 Å². The number of aliphatic carboxylic acids is 1. The molecular weight excluding hydrogens is 274 g/mol. The summed E-state index contributed by atoms with van der Waals surface area (Å²) in [7, 11) is 0. The van der Waals surface area contributed by atoms with Crippen molar-refractivity contribution in [1.82, 2.24) is 5.32 Å². The molecule has 0 aromatic carbocycles. The van der Waals surface area contributed by atoms with E-state index in [0.717, 1.165) is 0 Å². The van der Waals surface area contributed by atoms with Crippen LogP contribution >= 0.6 is 0 Å². The number of hydrogen-bond acceptors (Lipinski definition) is 5. The van der Waals surface area contributed by atoms with E-state index >= 15 is 0 Å². The molecule has 3 N–H and O–H groups in total. The third-order valence-corrected chi connectivity index (χ3v) is 2.93. The summed E-state index contributed by atoms with van der Waals surface area (Å²) in [5.74, 6) is -1.71. The number of rotatable bonds is 8. The SMILES string of the molecule is C[C@H](CCC(C)(C)O)[C@H](NCC(=O)OC(C)(C)C)C(=O)O. The van der Waals surface area contributed by atoms with Gasteiger partial charge in [-0.05, 0) is 53.4 Å². The van der Waals surface area contributed by atoms with Gasteiger partial charge in [-0.3, -0.25) is 14.9 Å². The van der Waals surface area contributed by atoms with Crippen molar-refractivity contribution < 1.29 is 24.5 Å². The minimum Gasteiger partial charge on any atom is -0.480 e. The van der Waals surface area contributed by atoms with Gasteiger partial charge in [-0.2, -0.15) is 0 Å². The number of carboxylic acid groups (broad SMARTS) is 1. The molecule has 0 aliphatic carbocycles. The van der Waals surface area contributed by atoms with Crippen LogP contribution in [0, 0.1) is 5.92 Å². The molecule has 0 radical (unpaired) electrons. The molecule has 0 heterocycles. The van der Waals surface area contributed by atoms with E-state index in [2.05, 4.69) is 5.32 Å². The van der Waals surface area contributed by atoms with Gasteiger partial charge in [0, 0.05) is 0 Å². The van der Waals surface area contributed by atoms with Crippen molar-refractivity contribution in [2.24, 2.45) is 5.92 Å². The van der Waals surface area contributed by atoms with E-state index in [1.165, 1.54) is 0 Å². The quantitative estimate of drug-likeness (QED) is 0.589. The first-order chi connectivity index (χ1) is 9.32. The van der Waals surface area contributed by atoms with E-state index in [9.17, 15) is 19.8 Å². The number of ether oxygens (including phenoxy) is 1. The first-order valence-corrected chi connectivity index (χ1v) is 7.22. The maximum atomic E-state index is 11.6. The van der Waals surface area contributed by atoms with Crippen LogP contribution in [0.1, 0.15) is 54.4 Å². The molecule has 0 spiro atoms. The predicted octanol–water partition coefficient (Wildman–Crippen LogP) is 1.56. The molecule has 0 rings (SSSR count). The molecule has 2 atom stereocenters. The summed E-state index contributed by atoms with van der Waals surface area (Å²) in [5, 5.41) is 21.7. The molecule has 0 saturated carbocycles. The first-order valence-electron chi connectivity index (χ1n) is 7.22. The lowest BCUT2D eigenvalue weighted by molar-refractivity contribution is -0.154. The van der Waals surface area contributed by atoms with E-state index < -0.39 is 29.2 Å². The number of carbonyl (C=O) groups is 2. The molecule has 124 valence electrons. The molecule has 0 unspecified atom stereocenters. The Labute approximate surface area is 126 Å². The normalized spacial score (nSPS) is 15.4. The van der Waals surface area contributed by atoms with Crippen LogP contribution in [0.2, 0.25) is 0 Å². The smallest absolute Gasteiger partial charge is 0.320 e. The highest BCUT2D eigenvalue weighted by molar-refractivity contribution is 5.76. The van der Waals surface area contributed by atoms with Gasteiger partial charge in [0.25, 0.3) is 0 Å². The zero-order valence-corrected chi connectivity index (χ0v) is 13.9. The highest BCUT2D eigenvalue weighted by Crippen LogP contribution is 2.18. The van der Waals surface area contributed by atoms with E-state index in [1.54, 1.807) is 41.5 Å². The second kappa shape index (κ2) is 7.75. The van der Waals surface area contributed by atoms with Crippen LogP contribution in [-0.4, -0.2) is 45.9 Å². The summed E-state index contributed by atoms with van der Waals surface area (Å²) in [4.78, 5) is 22.9. The van der Waals surface area contributed by atoms with Crippen LogP contribution in [0.4, 0.5) is 0 Å². The minimum atomic E-state index is -1.01. The van der Waals surface area contributed by atoms with Gasteiger partial charge < -0.3 is 14.9 Å². The van der Waals surface area contributed by atoms with E-state index in [0.29, 0.717) is 12.8 Å².